The van der Waals surface area contributed by atoms with Crippen molar-refractivity contribution in [2.45, 2.75) is 169 Å². The van der Waals surface area contributed by atoms with Crippen LogP contribution in [0.3, 0.4) is 0 Å². The Morgan fingerprint density at radius 1 is 0.611 bits per heavy atom. The molecule has 0 radical (unpaired) electrons. The minimum absolute atomic E-state index is 0.0763. The Kier molecular flexibility index (Phi) is 21.1. The summed E-state index contributed by atoms with van der Waals surface area (Å²) in [4.78, 5) is 199. The van der Waals surface area contributed by atoms with Crippen molar-refractivity contribution in [2.24, 2.45) is 23.7 Å². The van der Waals surface area contributed by atoms with Gasteiger partial charge in [0.25, 0.3) is 11.8 Å². The summed E-state index contributed by atoms with van der Waals surface area (Å²) in [6.45, 7) is 18.4. The molecule has 4 fully saturated rings. The van der Waals surface area contributed by atoms with Crippen LogP contribution in [-0.4, -0.2) is 220 Å². The summed E-state index contributed by atoms with van der Waals surface area (Å²) < 4.78 is 18.3. The molecular formula is C62H86N12O16. The van der Waals surface area contributed by atoms with E-state index in [0.717, 1.165) is 9.80 Å². The first kappa shape index (κ1) is 68.8. The number of esters is 2. The molecule has 490 valence electrons. The summed E-state index contributed by atoms with van der Waals surface area (Å²) >= 11 is 0. The number of ether oxygens (including phenoxy) is 2. The van der Waals surface area contributed by atoms with E-state index < -0.39 is 191 Å². The molecular weight excluding hydrogens is 1170 g/mol. The molecule has 6 N–H and O–H groups in total. The molecule has 28 heteroatoms. The number of fused-ring (bicyclic) bond motifs is 4. The predicted octanol–water partition coefficient (Wildman–Crippen LogP) is 0.726. The van der Waals surface area contributed by atoms with Crippen LogP contribution in [0.2, 0.25) is 0 Å². The number of likely N-dealkylation sites (N-methyl/N-ethyl adjacent to an activating group) is 4. The molecule has 0 spiro atoms. The summed E-state index contributed by atoms with van der Waals surface area (Å²) in [6.07, 6.45) is -1.65. The number of hydrogen-bond acceptors (Lipinski definition) is 18. The van der Waals surface area contributed by atoms with Gasteiger partial charge in [-0.3, -0.25) is 52.7 Å². The number of nitrogens with two attached hydrogens (primary N) is 1. The maximum Gasteiger partial charge on any atom is 0.329 e. The minimum Gasteiger partial charge on any atom is -0.458 e. The van der Waals surface area contributed by atoms with E-state index in [2.05, 4.69) is 21.3 Å². The topological polar surface area (TPSA) is 360 Å². The SMILES string of the molecule is Cc1c2oc3c(C)ccc(C(=O)N[C@@H]4C(=O)N[C@H](C(C)C)C(=O)N5CCC[C@H]5C(=O)N(C)CC(=O)N(C)[C@H](C(C)C)C(=O)O[C@@H]4C)c3nc-2c(C(=O)N[C@@H]2C(=O)N[C@H](C(C)C)C(=O)N3CCC[C@H]3C(=O)N(C)CC(=O)N(C)[C@@H](C(C)C)C(=O)O[C@@H]2C)c(N)c1=O. The van der Waals surface area contributed by atoms with Crippen LogP contribution in [0.4, 0.5) is 5.69 Å². The number of nitrogens with zero attached hydrogens (tertiary/aromatic N) is 7. The molecule has 6 aliphatic rings. The van der Waals surface area contributed by atoms with Crippen molar-refractivity contribution in [1.29, 1.82) is 0 Å². The quantitative estimate of drug-likeness (QED) is 0.118. The van der Waals surface area contributed by atoms with Crippen LogP contribution < -0.4 is 32.4 Å². The first-order chi connectivity index (χ1) is 42.1. The van der Waals surface area contributed by atoms with Crippen LogP contribution >= 0.6 is 0 Å². The molecule has 1 aromatic carbocycles. The van der Waals surface area contributed by atoms with Gasteiger partial charge in [0.05, 0.1) is 29.9 Å². The number of cyclic esters (lactones) is 2. The summed E-state index contributed by atoms with van der Waals surface area (Å²) in [6, 6.07) is -7.90. The van der Waals surface area contributed by atoms with E-state index in [0.29, 0.717) is 18.4 Å². The molecule has 1 aromatic rings. The monoisotopic (exact) mass is 1250 g/mol. The Balaban J connectivity index is 1.32. The fourth-order valence-corrected chi connectivity index (χ4v) is 12.3. The molecule has 5 heterocycles. The average molecular weight is 1260 g/mol. The first-order valence-electron chi connectivity index (χ1n) is 30.5. The van der Waals surface area contributed by atoms with Gasteiger partial charge in [0.1, 0.15) is 71.8 Å². The molecule has 0 unspecified atom stereocenters. The Bertz CT molecular complexity index is 3420. The summed E-state index contributed by atoms with van der Waals surface area (Å²) in [5.41, 5.74) is 3.57. The molecule has 1 aliphatic carbocycles. The summed E-state index contributed by atoms with van der Waals surface area (Å²) in [5, 5.41) is 10.7. The van der Waals surface area contributed by atoms with Crippen molar-refractivity contribution in [3.63, 3.8) is 0 Å². The van der Waals surface area contributed by atoms with Crippen LogP contribution in [0.15, 0.2) is 21.3 Å². The normalized spacial score (nSPS) is 26.2. The van der Waals surface area contributed by atoms with Gasteiger partial charge in [0.15, 0.2) is 11.3 Å². The van der Waals surface area contributed by atoms with E-state index in [-0.39, 0.29) is 53.9 Å². The highest BCUT2D eigenvalue weighted by molar-refractivity contribution is 6.10. The van der Waals surface area contributed by atoms with Gasteiger partial charge in [-0.05, 0) is 88.7 Å². The maximum atomic E-state index is 15.2. The van der Waals surface area contributed by atoms with Crippen LogP contribution in [-0.2, 0) is 57.4 Å². The van der Waals surface area contributed by atoms with Gasteiger partial charge in [-0.2, -0.15) is 0 Å². The Labute approximate surface area is 522 Å². The number of nitrogen functional groups attached to an aromatic ring is 1. The second-order valence-corrected chi connectivity index (χ2v) is 25.5. The number of anilines is 1. The lowest BCUT2D eigenvalue weighted by atomic mass is 9.98. The smallest absolute Gasteiger partial charge is 0.329 e. The number of nitrogens with one attached hydrogen (secondary N) is 4. The van der Waals surface area contributed by atoms with Gasteiger partial charge in [-0.15, -0.1) is 0 Å². The standard InChI is InChI=1S/C62H86N12O16/c1-27(2)42-59(84)73-23-17-19-36(73)57(82)69(13)25-38(75)71(15)48(29(5)6)61(86)88-33(11)44(55(80)65-42)67-53(78)35-22-21-31(9)51-46(35)64-47-40(41(63)50(77)32(10)52(47)90-51)54(79)68-45-34(12)89-62(87)49(30(7)8)72(16)39(76)26-70(14)58(83)37-20-18-24-74(37)60(85)43(28(3)4)66-56(45)81/h21-22,27-30,33-34,36-37,42-45,48-49H,17-20,23-26,63H2,1-16H3,(H,65,80)(H,66,81)(H,67,78)(H,68,79)/t33-,34-,36+,37+,42-,43-,44+,45+,48-,49+/m1/s1. The zero-order valence-electron chi connectivity index (χ0n) is 54.1. The fourth-order valence-electron chi connectivity index (χ4n) is 12.3. The van der Waals surface area contributed by atoms with Gasteiger partial charge < -0.3 is 70.3 Å². The van der Waals surface area contributed by atoms with Crippen molar-refractivity contribution in [1.82, 2.24) is 55.7 Å². The van der Waals surface area contributed by atoms with Gasteiger partial charge in [0.2, 0.25) is 52.7 Å². The molecule has 0 saturated carbocycles. The zero-order valence-corrected chi connectivity index (χ0v) is 54.1. The Morgan fingerprint density at radius 2 is 1.03 bits per heavy atom. The molecule has 7 rings (SSSR count). The predicted molar refractivity (Wildman–Crippen MR) is 325 cm³/mol. The van der Waals surface area contributed by atoms with Crippen molar-refractivity contribution in [2.75, 3.05) is 60.1 Å². The van der Waals surface area contributed by atoms with E-state index in [1.54, 1.807) is 62.3 Å². The van der Waals surface area contributed by atoms with Crippen LogP contribution in [0.25, 0.3) is 22.6 Å². The minimum atomic E-state index is -1.88. The van der Waals surface area contributed by atoms with Crippen molar-refractivity contribution in [3.05, 3.63) is 44.6 Å². The first-order valence-corrected chi connectivity index (χ1v) is 30.5. The number of amides is 10. The number of rotatable bonds is 8. The van der Waals surface area contributed by atoms with E-state index in [1.807, 2.05) is 0 Å². The van der Waals surface area contributed by atoms with Gasteiger partial charge >= 0.3 is 11.9 Å². The maximum absolute atomic E-state index is 15.2. The highest BCUT2D eigenvalue weighted by atomic mass is 16.6. The summed E-state index contributed by atoms with van der Waals surface area (Å²) in [5.74, 6) is -12.4. The van der Waals surface area contributed by atoms with Crippen LogP contribution in [0.1, 0.15) is 127 Å². The van der Waals surface area contributed by atoms with Crippen molar-refractivity contribution < 1.29 is 71.4 Å². The van der Waals surface area contributed by atoms with E-state index in [4.69, 9.17) is 24.6 Å². The molecule has 0 bridgehead atoms. The van der Waals surface area contributed by atoms with Gasteiger partial charge in [-0.25, -0.2) is 14.6 Å². The number of carbonyl (C=O) groups is 12. The molecule has 10 atom stereocenters. The molecule has 10 amide bonds. The number of aromatic nitrogens is 1. The van der Waals surface area contributed by atoms with Gasteiger partial charge in [0, 0.05) is 46.8 Å². The van der Waals surface area contributed by atoms with E-state index >= 15 is 9.59 Å². The van der Waals surface area contributed by atoms with Crippen LogP contribution in [0, 0.1) is 37.5 Å². The number of hydrogen-bond donors (Lipinski definition) is 5. The molecule has 5 aliphatic heterocycles. The highest BCUT2D eigenvalue weighted by Gasteiger charge is 2.46. The Hall–Kier alpha value is -8.72. The van der Waals surface area contributed by atoms with Crippen LogP contribution in [0.5, 0.6) is 0 Å². The molecule has 0 aromatic heterocycles. The lowest BCUT2D eigenvalue weighted by molar-refractivity contribution is -0.163. The largest absolute Gasteiger partial charge is 0.458 e. The second-order valence-electron chi connectivity index (χ2n) is 25.5. The van der Waals surface area contributed by atoms with Crippen molar-refractivity contribution in [3.8, 4) is 11.5 Å². The molecule has 28 nitrogen and oxygen atoms in total. The van der Waals surface area contributed by atoms with E-state index in [9.17, 15) is 52.7 Å². The fraction of sp³-hybridized carbons (Fsp3) is 0.613. The lowest BCUT2D eigenvalue weighted by Crippen LogP contribution is -2.61. The van der Waals surface area contributed by atoms with Gasteiger partial charge in [-0.1, -0.05) is 61.5 Å². The Morgan fingerprint density at radius 3 is 1.44 bits per heavy atom. The number of benzene rings is 2. The average Bonchev–Trinajstić information content (AvgIpc) is 0.893. The number of aryl methyl sites for hydroxylation is 1. The highest BCUT2D eigenvalue weighted by Crippen LogP contribution is 2.35. The third-order valence-electron chi connectivity index (χ3n) is 17.5. The van der Waals surface area contributed by atoms with E-state index in [1.165, 1.54) is 80.7 Å². The molecule has 4 saturated heterocycles. The number of carbonyl (C=O) groups excluding carboxylic acids is 12. The van der Waals surface area contributed by atoms with Crippen molar-refractivity contribution >= 4 is 87.8 Å². The second kappa shape index (κ2) is 27.6. The zero-order chi connectivity index (χ0) is 67.0. The summed E-state index contributed by atoms with van der Waals surface area (Å²) in [7, 11) is 5.59. The third kappa shape index (κ3) is 13.7. The third-order valence-corrected chi connectivity index (χ3v) is 17.5. The molecule has 90 heavy (non-hydrogen) atoms. The lowest BCUT2D eigenvalue weighted by Gasteiger charge is -2.36.